The molecule has 2 aromatic heterocycles. The summed E-state index contributed by atoms with van der Waals surface area (Å²) in [5.74, 6) is -0.220. The number of fused-ring (bicyclic) bond motifs is 1. The van der Waals surface area contributed by atoms with Crippen LogP contribution in [0.1, 0.15) is 45.9 Å². The van der Waals surface area contributed by atoms with E-state index in [1.54, 1.807) is 30.1 Å². The van der Waals surface area contributed by atoms with E-state index in [1.807, 2.05) is 30.5 Å². The van der Waals surface area contributed by atoms with E-state index >= 15 is 0 Å². The summed E-state index contributed by atoms with van der Waals surface area (Å²) in [5, 5.41) is 3.49. The van der Waals surface area contributed by atoms with E-state index in [4.69, 9.17) is 5.73 Å². The summed E-state index contributed by atoms with van der Waals surface area (Å²) in [5.41, 5.74) is 10.5. The van der Waals surface area contributed by atoms with Crippen molar-refractivity contribution in [1.29, 1.82) is 0 Å². The van der Waals surface area contributed by atoms with Gasteiger partial charge >= 0.3 is 0 Å². The first-order valence-corrected chi connectivity index (χ1v) is 12.2. The summed E-state index contributed by atoms with van der Waals surface area (Å²) in [6.45, 7) is 8.62. The zero-order valence-electron chi connectivity index (χ0n) is 21.7. The molecule has 3 heterocycles. The number of carbonyl (C=O) groups is 3. The van der Waals surface area contributed by atoms with E-state index in [1.165, 1.54) is 12.4 Å². The highest BCUT2D eigenvalue weighted by atomic mass is 16.2. The first-order chi connectivity index (χ1) is 17.6. The summed E-state index contributed by atoms with van der Waals surface area (Å²) in [7, 11) is 3.46. The highest BCUT2D eigenvalue weighted by Gasteiger charge is 2.28. The molecule has 1 saturated heterocycles. The predicted octanol–water partition coefficient (Wildman–Crippen LogP) is 2.86. The van der Waals surface area contributed by atoms with Gasteiger partial charge in [-0.25, -0.2) is 9.97 Å². The maximum absolute atomic E-state index is 13.5. The molecule has 1 aliphatic rings. The topological polar surface area (TPSA) is 126 Å². The van der Waals surface area contributed by atoms with Crippen LogP contribution in [0.2, 0.25) is 0 Å². The maximum atomic E-state index is 13.5. The summed E-state index contributed by atoms with van der Waals surface area (Å²) < 4.78 is 1.93. The Labute approximate surface area is 216 Å². The Morgan fingerprint density at radius 3 is 2.68 bits per heavy atom. The van der Waals surface area contributed by atoms with Gasteiger partial charge in [0.1, 0.15) is 17.8 Å². The third kappa shape index (κ3) is 5.04. The number of aromatic nitrogens is 3. The van der Waals surface area contributed by atoms with E-state index in [0.29, 0.717) is 41.8 Å². The van der Waals surface area contributed by atoms with Gasteiger partial charge in [-0.15, -0.1) is 0 Å². The average Bonchev–Trinajstić information content (AvgIpc) is 3.29. The molecule has 10 nitrogen and oxygen atoms in total. The summed E-state index contributed by atoms with van der Waals surface area (Å²) in [6.07, 6.45) is 6.41. The van der Waals surface area contributed by atoms with Crippen molar-refractivity contribution in [2.75, 3.05) is 38.2 Å². The number of piperidine rings is 1. The lowest BCUT2D eigenvalue weighted by Crippen LogP contribution is -2.39. The molecule has 1 atom stereocenters. The maximum Gasteiger partial charge on any atom is 0.258 e. The molecule has 10 heteroatoms. The second kappa shape index (κ2) is 10.4. The predicted molar refractivity (Wildman–Crippen MR) is 143 cm³/mol. The molecule has 3 aromatic rings. The van der Waals surface area contributed by atoms with Gasteiger partial charge in [-0.2, -0.15) is 0 Å². The number of carbonyl (C=O) groups excluding carboxylic acids is 3. The number of nitrogens with two attached hydrogens (primary N) is 1. The van der Waals surface area contributed by atoms with Crippen LogP contribution in [0.4, 0.5) is 11.5 Å². The van der Waals surface area contributed by atoms with Gasteiger partial charge in [0.25, 0.3) is 5.91 Å². The zero-order valence-corrected chi connectivity index (χ0v) is 21.7. The SMILES string of the molecule is C=CC(=O)N1CCC[C@@H](n2cc(C(=O)Nc3ccc(CC(=O)N(C)C)c(C)c3C)c3c(N)ncnc32)C1. The molecular formula is C27H33N7O3. The lowest BCUT2D eigenvalue weighted by atomic mass is 9.98. The van der Waals surface area contributed by atoms with Crippen LogP contribution in [-0.4, -0.2) is 69.2 Å². The van der Waals surface area contributed by atoms with E-state index in [-0.39, 0.29) is 29.6 Å². The van der Waals surface area contributed by atoms with E-state index in [0.717, 1.165) is 29.5 Å². The van der Waals surface area contributed by atoms with Crippen molar-refractivity contribution >= 4 is 40.3 Å². The molecule has 37 heavy (non-hydrogen) atoms. The van der Waals surface area contributed by atoms with E-state index in [2.05, 4.69) is 21.9 Å². The Balaban J connectivity index is 1.66. The number of hydrogen-bond acceptors (Lipinski definition) is 6. The fourth-order valence-electron chi connectivity index (χ4n) is 4.78. The summed E-state index contributed by atoms with van der Waals surface area (Å²) in [4.78, 5) is 49.8. The molecule has 194 valence electrons. The van der Waals surface area contributed by atoms with Gasteiger partial charge < -0.3 is 25.4 Å². The van der Waals surface area contributed by atoms with Gasteiger partial charge in [0.05, 0.1) is 23.4 Å². The zero-order chi connectivity index (χ0) is 26.9. The number of nitrogen functional groups attached to an aromatic ring is 1. The van der Waals surface area contributed by atoms with Crippen LogP contribution in [0.15, 0.2) is 37.3 Å². The van der Waals surface area contributed by atoms with Crippen LogP contribution in [0.5, 0.6) is 0 Å². The number of anilines is 2. The standard InChI is InChI=1S/C27H33N7O3/c1-6-22(35)33-11-7-8-19(13-33)34-14-20(24-25(28)29-15-30-26(24)34)27(37)31-21-10-9-18(16(2)17(21)3)12-23(36)32(4)5/h6,9-10,14-15,19H,1,7-8,11-13H2,2-5H3,(H,31,37)(H2,28,29,30)/t19-/m1/s1. The Morgan fingerprint density at radius 2 is 1.97 bits per heavy atom. The molecule has 0 aliphatic carbocycles. The number of hydrogen-bond donors (Lipinski definition) is 2. The Morgan fingerprint density at radius 1 is 1.22 bits per heavy atom. The van der Waals surface area contributed by atoms with Crippen LogP contribution in [0.3, 0.4) is 0 Å². The quantitative estimate of drug-likeness (QED) is 0.498. The Bertz CT molecular complexity index is 1390. The molecule has 1 aromatic carbocycles. The summed E-state index contributed by atoms with van der Waals surface area (Å²) in [6, 6.07) is 3.62. The highest BCUT2D eigenvalue weighted by molar-refractivity contribution is 6.15. The number of likely N-dealkylation sites (N-methyl/N-ethyl adjacent to an activating group) is 1. The number of amides is 3. The minimum Gasteiger partial charge on any atom is -0.383 e. The molecule has 0 saturated carbocycles. The van der Waals surface area contributed by atoms with Gasteiger partial charge in [0.2, 0.25) is 11.8 Å². The lowest BCUT2D eigenvalue weighted by Gasteiger charge is -2.33. The van der Waals surface area contributed by atoms with Gasteiger partial charge in [-0.3, -0.25) is 14.4 Å². The minimum atomic E-state index is -0.334. The first-order valence-electron chi connectivity index (χ1n) is 12.2. The molecule has 3 amide bonds. The molecule has 1 aliphatic heterocycles. The van der Waals surface area contributed by atoms with Crippen LogP contribution < -0.4 is 11.1 Å². The van der Waals surface area contributed by atoms with Crippen molar-refractivity contribution in [2.45, 2.75) is 39.2 Å². The lowest BCUT2D eigenvalue weighted by molar-refractivity contribution is -0.128. The highest BCUT2D eigenvalue weighted by Crippen LogP contribution is 2.32. The molecule has 0 unspecified atom stereocenters. The van der Waals surface area contributed by atoms with Gasteiger partial charge in [0.15, 0.2) is 0 Å². The average molecular weight is 504 g/mol. The van der Waals surface area contributed by atoms with Crippen molar-refractivity contribution in [2.24, 2.45) is 0 Å². The van der Waals surface area contributed by atoms with Crippen LogP contribution >= 0.6 is 0 Å². The van der Waals surface area contributed by atoms with E-state index in [9.17, 15) is 14.4 Å². The molecule has 4 rings (SSSR count). The van der Waals surface area contributed by atoms with Crippen LogP contribution in [-0.2, 0) is 16.0 Å². The monoisotopic (exact) mass is 503 g/mol. The fraction of sp³-hybridized carbons (Fsp3) is 0.370. The third-order valence-corrected chi connectivity index (χ3v) is 7.15. The van der Waals surface area contributed by atoms with Gasteiger partial charge in [0, 0.05) is 39.1 Å². The molecular weight excluding hydrogens is 470 g/mol. The van der Waals surface area contributed by atoms with E-state index < -0.39 is 0 Å². The summed E-state index contributed by atoms with van der Waals surface area (Å²) >= 11 is 0. The van der Waals surface area contributed by atoms with Gasteiger partial charge in [-0.05, 0) is 55.5 Å². The largest absolute Gasteiger partial charge is 0.383 e. The number of benzene rings is 1. The fourth-order valence-corrected chi connectivity index (χ4v) is 4.78. The van der Waals surface area contributed by atoms with Crippen molar-refractivity contribution in [1.82, 2.24) is 24.3 Å². The molecule has 0 spiro atoms. The molecule has 0 bridgehead atoms. The normalized spacial score (nSPS) is 15.5. The molecule has 3 N–H and O–H groups in total. The molecule has 0 radical (unpaired) electrons. The van der Waals surface area contributed by atoms with Crippen LogP contribution in [0, 0.1) is 13.8 Å². The number of rotatable bonds is 6. The molecule has 1 fully saturated rings. The Kier molecular flexibility index (Phi) is 7.28. The van der Waals surface area contributed by atoms with Gasteiger partial charge in [-0.1, -0.05) is 12.6 Å². The Hall–Kier alpha value is -4.21. The number of nitrogens with one attached hydrogen (secondary N) is 1. The number of nitrogens with zero attached hydrogens (tertiary/aromatic N) is 5. The van der Waals surface area contributed by atoms with Crippen molar-refractivity contribution in [3.63, 3.8) is 0 Å². The van der Waals surface area contributed by atoms with Crippen molar-refractivity contribution in [3.8, 4) is 0 Å². The third-order valence-electron chi connectivity index (χ3n) is 7.15. The van der Waals surface area contributed by atoms with Crippen LogP contribution in [0.25, 0.3) is 11.0 Å². The smallest absolute Gasteiger partial charge is 0.258 e. The minimum absolute atomic E-state index is 0.0126. The van der Waals surface area contributed by atoms with Crippen molar-refractivity contribution in [3.05, 3.63) is 59.6 Å². The number of likely N-dealkylation sites (tertiary alicyclic amines) is 1. The second-order valence-corrected chi connectivity index (χ2v) is 9.63. The first kappa shape index (κ1) is 25.9. The second-order valence-electron chi connectivity index (χ2n) is 9.63. The van der Waals surface area contributed by atoms with Crippen molar-refractivity contribution < 1.29 is 14.4 Å².